The Morgan fingerprint density at radius 2 is 0.717 bits per heavy atom. The average molecular weight is 615 g/mol. The first-order chi connectivity index (χ1) is 22.6. The monoisotopic (exact) mass is 614 g/mol. The van der Waals surface area contributed by atoms with Gasteiger partial charge in [-0.15, -0.1) is 0 Å². The van der Waals surface area contributed by atoms with Crippen molar-refractivity contribution in [2.24, 2.45) is 0 Å². The Kier molecular flexibility index (Phi) is 9.82. The molecule has 0 aromatic heterocycles. The molecule has 2 aliphatic carbocycles. The maximum atomic E-state index is 12.8. The van der Waals surface area contributed by atoms with Crippen LogP contribution in [0.25, 0.3) is 22.3 Å². The summed E-state index contributed by atoms with van der Waals surface area (Å²) in [5.74, 6) is -0.831. The van der Waals surface area contributed by atoms with Crippen LogP contribution in [0, 0.1) is 0 Å². The Bertz CT molecular complexity index is 1650. The second kappa shape index (κ2) is 14.5. The normalized spacial score (nSPS) is 12.3. The maximum Gasteiger partial charge on any atom is 0.338 e. The molecule has 4 aromatic rings. The lowest BCUT2D eigenvalue weighted by molar-refractivity contribution is 0.0489. The molecule has 0 unspecified atom stereocenters. The standard InChI is InChI=1S/C40H38O6/c41-37-29-19-11-9-17-27(29)35-31(37)21-15-23-33(35)39(43)45-25-13-7-5-3-1-2-4-6-8-14-26-46-40(44)34-24-16-22-32-36(34)28-18-10-12-20-30(28)38(32)42/h9-12,15-24H,1-8,13-14,25-26H2. The third kappa shape index (κ3) is 6.43. The van der Waals surface area contributed by atoms with Gasteiger partial charge in [0.25, 0.3) is 0 Å². The average Bonchev–Trinajstić information content (AvgIpc) is 3.55. The van der Waals surface area contributed by atoms with Crippen molar-refractivity contribution in [3.05, 3.63) is 118 Å². The second-order valence-corrected chi connectivity index (χ2v) is 12.0. The highest BCUT2D eigenvalue weighted by atomic mass is 16.5. The molecule has 0 amide bonds. The summed E-state index contributed by atoms with van der Waals surface area (Å²) in [5.41, 5.74) is 6.30. The first-order valence-corrected chi connectivity index (χ1v) is 16.4. The van der Waals surface area contributed by atoms with E-state index in [1.807, 2.05) is 36.4 Å². The molecule has 0 spiro atoms. The van der Waals surface area contributed by atoms with E-state index in [9.17, 15) is 19.2 Å². The molecule has 0 saturated carbocycles. The summed E-state index contributed by atoms with van der Waals surface area (Å²) in [6, 6.07) is 25.3. The van der Waals surface area contributed by atoms with Crippen LogP contribution in [0.1, 0.15) is 117 Å². The van der Waals surface area contributed by atoms with Crippen molar-refractivity contribution in [2.45, 2.75) is 64.2 Å². The lowest BCUT2D eigenvalue weighted by Crippen LogP contribution is -2.08. The number of esters is 2. The molecule has 6 heteroatoms. The molecule has 6 nitrogen and oxygen atoms in total. The van der Waals surface area contributed by atoms with Gasteiger partial charge in [0, 0.05) is 33.4 Å². The quantitative estimate of drug-likeness (QED) is 0.0847. The Hall–Kier alpha value is -4.84. The number of carbonyl (C=O) groups is 4. The highest BCUT2D eigenvalue weighted by Gasteiger charge is 2.31. The molecule has 6 rings (SSSR count). The van der Waals surface area contributed by atoms with E-state index in [0.717, 1.165) is 62.5 Å². The van der Waals surface area contributed by atoms with Crippen LogP contribution in [0.3, 0.4) is 0 Å². The van der Waals surface area contributed by atoms with Crippen LogP contribution < -0.4 is 0 Å². The third-order valence-electron chi connectivity index (χ3n) is 8.95. The summed E-state index contributed by atoms with van der Waals surface area (Å²) >= 11 is 0. The minimum Gasteiger partial charge on any atom is -0.462 e. The predicted octanol–water partition coefficient (Wildman–Crippen LogP) is 9.02. The van der Waals surface area contributed by atoms with Crippen molar-refractivity contribution in [3.63, 3.8) is 0 Å². The van der Waals surface area contributed by atoms with Crippen molar-refractivity contribution >= 4 is 23.5 Å². The number of ether oxygens (including phenoxy) is 2. The highest BCUT2D eigenvalue weighted by molar-refractivity contribution is 6.25. The van der Waals surface area contributed by atoms with E-state index in [1.54, 1.807) is 48.5 Å². The minimum atomic E-state index is -0.373. The number of unbranched alkanes of at least 4 members (excludes halogenated alkanes) is 9. The topological polar surface area (TPSA) is 86.7 Å². The van der Waals surface area contributed by atoms with Crippen molar-refractivity contribution in [1.29, 1.82) is 0 Å². The van der Waals surface area contributed by atoms with E-state index in [1.165, 1.54) is 12.8 Å². The van der Waals surface area contributed by atoms with Gasteiger partial charge in [-0.1, -0.05) is 124 Å². The van der Waals surface area contributed by atoms with Crippen LogP contribution in [0.2, 0.25) is 0 Å². The lowest BCUT2D eigenvalue weighted by atomic mass is 9.99. The zero-order valence-electron chi connectivity index (χ0n) is 26.0. The van der Waals surface area contributed by atoms with Crippen molar-refractivity contribution < 1.29 is 28.7 Å². The maximum absolute atomic E-state index is 12.8. The molecule has 0 atom stereocenters. The van der Waals surface area contributed by atoms with E-state index in [-0.39, 0.29) is 23.5 Å². The number of carbonyl (C=O) groups excluding carboxylic acids is 4. The van der Waals surface area contributed by atoms with Crippen LogP contribution in [-0.4, -0.2) is 36.7 Å². The molecule has 0 heterocycles. The molecule has 234 valence electrons. The molecule has 0 aliphatic heterocycles. The molecule has 4 aromatic carbocycles. The number of hydrogen-bond donors (Lipinski definition) is 0. The minimum absolute atomic E-state index is 0.0421. The fourth-order valence-electron chi connectivity index (χ4n) is 6.60. The van der Waals surface area contributed by atoms with Gasteiger partial charge in [0.15, 0.2) is 11.6 Å². The number of fused-ring (bicyclic) bond motifs is 6. The molecule has 46 heavy (non-hydrogen) atoms. The van der Waals surface area contributed by atoms with Crippen molar-refractivity contribution in [3.8, 4) is 22.3 Å². The largest absolute Gasteiger partial charge is 0.462 e. The van der Waals surface area contributed by atoms with Crippen LogP contribution >= 0.6 is 0 Å². The van der Waals surface area contributed by atoms with E-state index < -0.39 is 0 Å². The molecule has 0 N–H and O–H groups in total. The summed E-state index contributed by atoms with van der Waals surface area (Å²) in [5, 5.41) is 0. The van der Waals surface area contributed by atoms with Gasteiger partial charge in [0.05, 0.1) is 24.3 Å². The van der Waals surface area contributed by atoms with Crippen LogP contribution in [0.15, 0.2) is 84.9 Å². The Labute approximate surface area is 269 Å². The zero-order valence-corrected chi connectivity index (χ0v) is 26.0. The Morgan fingerprint density at radius 3 is 1.11 bits per heavy atom. The summed E-state index contributed by atoms with van der Waals surface area (Å²) in [7, 11) is 0. The fourth-order valence-corrected chi connectivity index (χ4v) is 6.60. The number of ketones is 2. The summed E-state index contributed by atoms with van der Waals surface area (Å²) < 4.78 is 11.2. The molecule has 0 fully saturated rings. The predicted molar refractivity (Wildman–Crippen MR) is 177 cm³/mol. The highest BCUT2D eigenvalue weighted by Crippen LogP contribution is 2.40. The zero-order chi connectivity index (χ0) is 31.9. The van der Waals surface area contributed by atoms with Gasteiger partial charge in [0.1, 0.15) is 0 Å². The van der Waals surface area contributed by atoms with Gasteiger partial charge in [0.2, 0.25) is 0 Å². The lowest BCUT2D eigenvalue weighted by Gasteiger charge is -2.09. The van der Waals surface area contributed by atoms with Gasteiger partial charge in [-0.05, 0) is 36.1 Å². The van der Waals surface area contributed by atoms with Crippen LogP contribution in [0.4, 0.5) is 0 Å². The molecule has 0 radical (unpaired) electrons. The van der Waals surface area contributed by atoms with Gasteiger partial charge < -0.3 is 9.47 Å². The van der Waals surface area contributed by atoms with E-state index in [2.05, 4.69) is 0 Å². The van der Waals surface area contributed by atoms with E-state index in [0.29, 0.717) is 57.7 Å². The Balaban J connectivity index is 0.809. The van der Waals surface area contributed by atoms with E-state index >= 15 is 0 Å². The van der Waals surface area contributed by atoms with Gasteiger partial charge in [-0.25, -0.2) is 9.59 Å². The number of benzene rings is 4. The molecular weight excluding hydrogens is 576 g/mol. The summed E-state index contributed by atoms with van der Waals surface area (Å²) in [6.45, 7) is 0.752. The molecule has 0 bridgehead atoms. The number of rotatable bonds is 15. The first-order valence-electron chi connectivity index (χ1n) is 16.4. The Morgan fingerprint density at radius 1 is 0.391 bits per heavy atom. The number of hydrogen-bond acceptors (Lipinski definition) is 6. The molecular formula is C40H38O6. The smallest absolute Gasteiger partial charge is 0.338 e. The van der Waals surface area contributed by atoms with Crippen LogP contribution in [0.5, 0.6) is 0 Å². The van der Waals surface area contributed by atoms with Gasteiger partial charge in [-0.2, -0.15) is 0 Å². The van der Waals surface area contributed by atoms with Crippen molar-refractivity contribution in [2.75, 3.05) is 13.2 Å². The first kappa shape index (κ1) is 31.2. The fraction of sp³-hybridized carbons (Fsp3) is 0.300. The third-order valence-corrected chi connectivity index (χ3v) is 8.95. The van der Waals surface area contributed by atoms with Crippen molar-refractivity contribution in [1.82, 2.24) is 0 Å². The SMILES string of the molecule is O=C(OCCCCCCCCCCCCOC(=O)c1cccc2c1-c1ccccc1C2=O)c1cccc2c1-c1ccccc1C2=O. The van der Waals surface area contributed by atoms with Gasteiger partial charge >= 0.3 is 11.9 Å². The van der Waals surface area contributed by atoms with E-state index in [4.69, 9.17) is 9.47 Å². The molecule has 2 aliphatic rings. The van der Waals surface area contributed by atoms with Crippen LogP contribution in [-0.2, 0) is 9.47 Å². The summed E-state index contributed by atoms with van der Waals surface area (Å²) in [6.07, 6.45) is 10.6. The van der Waals surface area contributed by atoms with Gasteiger partial charge in [-0.3, -0.25) is 9.59 Å². The second-order valence-electron chi connectivity index (χ2n) is 12.0. The summed E-state index contributed by atoms with van der Waals surface area (Å²) in [4.78, 5) is 51.1. The molecule has 0 saturated heterocycles.